The van der Waals surface area contributed by atoms with Crippen LogP contribution >= 0.6 is 0 Å². The molecule has 3 aromatic rings. The smallest absolute Gasteiger partial charge is 0.291 e. The van der Waals surface area contributed by atoms with Crippen LogP contribution in [0.5, 0.6) is 0 Å². The SMILES string of the molecule is CCNC(=NCc1cccc(NC(=O)c2ccco2)c1)NCc1ccccc1C. The number of rotatable bonds is 7. The number of furan rings is 1. The van der Waals surface area contributed by atoms with Crippen molar-refractivity contribution in [2.24, 2.45) is 4.99 Å². The average molecular weight is 390 g/mol. The summed E-state index contributed by atoms with van der Waals surface area (Å²) in [4.78, 5) is 16.8. The molecule has 1 amide bonds. The molecule has 0 saturated carbocycles. The molecule has 0 saturated heterocycles. The zero-order valence-electron chi connectivity index (χ0n) is 16.7. The summed E-state index contributed by atoms with van der Waals surface area (Å²) in [6, 6.07) is 19.2. The number of nitrogens with zero attached hydrogens (tertiary/aromatic N) is 1. The van der Waals surface area contributed by atoms with Crippen molar-refractivity contribution in [2.45, 2.75) is 26.9 Å². The van der Waals surface area contributed by atoms with Crippen LogP contribution in [0.2, 0.25) is 0 Å². The van der Waals surface area contributed by atoms with E-state index in [0.717, 1.165) is 18.1 Å². The second-order valence-corrected chi connectivity index (χ2v) is 6.61. The first-order chi connectivity index (χ1) is 14.2. The summed E-state index contributed by atoms with van der Waals surface area (Å²) >= 11 is 0. The van der Waals surface area contributed by atoms with Crippen LogP contribution in [0.3, 0.4) is 0 Å². The van der Waals surface area contributed by atoms with Gasteiger partial charge in [-0.15, -0.1) is 0 Å². The second-order valence-electron chi connectivity index (χ2n) is 6.61. The van der Waals surface area contributed by atoms with Gasteiger partial charge < -0.3 is 20.4 Å². The van der Waals surface area contributed by atoms with E-state index in [0.29, 0.717) is 18.8 Å². The summed E-state index contributed by atoms with van der Waals surface area (Å²) < 4.78 is 5.12. The van der Waals surface area contributed by atoms with Crippen LogP contribution in [0.25, 0.3) is 0 Å². The summed E-state index contributed by atoms with van der Waals surface area (Å²) in [5, 5.41) is 9.47. The third-order valence-corrected chi connectivity index (χ3v) is 4.40. The molecule has 0 bridgehead atoms. The molecule has 1 heterocycles. The van der Waals surface area contributed by atoms with E-state index in [2.05, 4.69) is 40.0 Å². The van der Waals surface area contributed by atoms with Crippen molar-refractivity contribution in [3.05, 3.63) is 89.4 Å². The number of hydrogen-bond acceptors (Lipinski definition) is 3. The Hall–Kier alpha value is -3.54. The van der Waals surface area contributed by atoms with Crippen molar-refractivity contribution in [1.82, 2.24) is 10.6 Å². The number of hydrogen-bond donors (Lipinski definition) is 3. The van der Waals surface area contributed by atoms with Gasteiger partial charge in [-0.1, -0.05) is 36.4 Å². The number of nitrogens with one attached hydrogen (secondary N) is 3. The molecule has 0 aliphatic heterocycles. The molecule has 0 unspecified atom stereocenters. The lowest BCUT2D eigenvalue weighted by atomic mass is 10.1. The molecule has 0 atom stereocenters. The maximum Gasteiger partial charge on any atom is 0.291 e. The van der Waals surface area contributed by atoms with Crippen molar-refractivity contribution < 1.29 is 9.21 Å². The number of aryl methyl sites for hydroxylation is 1. The number of guanidine groups is 1. The highest BCUT2D eigenvalue weighted by molar-refractivity contribution is 6.02. The van der Waals surface area contributed by atoms with Gasteiger partial charge in [-0.25, -0.2) is 4.99 Å². The third kappa shape index (κ3) is 5.97. The number of amides is 1. The van der Waals surface area contributed by atoms with Crippen molar-refractivity contribution in [1.29, 1.82) is 0 Å². The van der Waals surface area contributed by atoms with E-state index in [1.165, 1.54) is 17.4 Å². The van der Waals surface area contributed by atoms with Crippen LogP contribution in [0, 0.1) is 6.92 Å². The molecule has 0 aliphatic rings. The quantitative estimate of drug-likeness (QED) is 0.419. The summed E-state index contributed by atoms with van der Waals surface area (Å²) in [6.07, 6.45) is 1.48. The fourth-order valence-corrected chi connectivity index (χ4v) is 2.85. The highest BCUT2D eigenvalue weighted by Crippen LogP contribution is 2.13. The van der Waals surface area contributed by atoms with Crippen LogP contribution in [0.1, 0.15) is 34.2 Å². The lowest BCUT2D eigenvalue weighted by molar-refractivity contribution is 0.0996. The molecule has 6 nitrogen and oxygen atoms in total. The molecule has 2 aromatic carbocycles. The van der Waals surface area contributed by atoms with Gasteiger partial charge in [-0.05, 0) is 54.8 Å². The van der Waals surface area contributed by atoms with E-state index in [1.54, 1.807) is 12.1 Å². The minimum atomic E-state index is -0.274. The number of aliphatic imine (C=N–C) groups is 1. The molecule has 0 spiro atoms. The minimum Gasteiger partial charge on any atom is -0.459 e. The number of benzene rings is 2. The zero-order chi connectivity index (χ0) is 20.5. The molecule has 0 radical (unpaired) electrons. The van der Waals surface area contributed by atoms with Crippen LogP contribution in [0.15, 0.2) is 76.3 Å². The molecule has 3 N–H and O–H groups in total. The molecule has 29 heavy (non-hydrogen) atoms. The van der Waals surface area contributed by atoms with Crippen LogP contribution in [-0.2, 0) is 13.1 Å². The van der Waals surface area contributed by atoms with Gasteiger partial charge in [0.2, 0.25) is 0 Å². The lowest BCUT2D eigenvalue weighted by Gasteiger charge is -2.13. The van der Waals surface area contributed by atoms with Gasteiger partial charge in [0.1, 0.15) is 0 Å². The monoisotopic (exact) mass is 390 g/mol. The number of anilines is 1. The van der Waals surface area contributed by atoms with Crippen LogP contribution in [0.4, 0.5) is 5.69 Å². The normalized spacial score (nSPS) is 11.2. The summed E-state index contributed by atoms with van der Waals surface area (Å²) in [5.74, 6) is 0.757. The summed E-state index contributed by atoms with van der Waals surface area (Å²) in [6.45, 7) is 6.11. The fourth-order valence-electron chi connectivity index (χ4n) is 2.85. The zero-order valence-corrected chi connectivity index (χ0v) is 16.7. The molecule has 3 rings (SSSR count). The molecule has 0 aliphatic carbocycles. The maximum absolute atomic E-state index is 12.1. The van der Waals surface area contributed by atoms with E-state index in [9.17, 15) is 4.79 Å². The molecule has 150 valence electrons. The van der Waals surface area contributed by atoms with Crippen LogP contribution in [-0.4, -0.2) is 18.4 Å². The lowest BCUT2D eigenvalue weighted by Crippen LogP contribution is -2.36. The first-order valence-electron chi connectivity index (χ1n) is 9.66. The van der Waals surface area contributed by atoms with Gasteiger partial charge in [-0.3, -0.25) is 4.79 Å². The van der Waals surface area contributed by atoms with Crippen molar-refractivity contribution in [3.63, 3.8) is 0 Å². The van der Waals surface area contributed by atoms with Crippen molar-refractivity contribution in [3.8, 4) is 0 Å². The fraction of sp³-hybridized carbons (Fsp3) is 0.217. The largest absolute Gasteiger partial charge is 0.459 e. The van der Waals surface area contributed by atoms with Crippen LogP contribution < -0.4 is 16.0 Å². The Morgan fingerprint density at radius 2 is 1.90 bits per heavy atom. The maximum atomic E-state index is 12.1. The molecule has 0 fully saturated rings. The Balaban J connectivity index is 1.63. The third-order valence-electron chi connectivity index (χ3n) is 4.40. The van der Waals surface area contributed by atoms with Gasteiger partial charge in [0, 0.05) is 18.8 Å². The summed E-state index contributed by atoms with van der Waals surface area (Å²) in [7, 11) is 0. The van der Waals surface area contributed by atoms with E-state index >= 15 is 0 Å². The highest BCUT2D eigenvalue weighted by Gasteiger charge is 2.08. The van der Waals surface area contributed by atoms with Gasteiger partial charge in [-0.2, -0.15) is 0 Å². The first-order valence-corrected chi connectivity index (χ1v) is 9.66. The molecular formula is C23H26N4O2. The topological polar surface area (TPSA) is 78.7 Å². The Bertz CT molecular complexity index is 965. The van der Waals surface area contributed by atoms with Crippen molar-refractivity contribution in [2.75, 3.05) is 11.9 Å². The first kappa shape index (κ1) is 20.2. The van der Waals surface area contributed by atoms with Gasteiger partial charge in [0.15, 0.2) is 11.7 Å². The van der Waals surface area contributed by atoms with Gasteiger partial charge >= 0.3 is 0 Å². The highest BCUT2D eigenvalue weighted by atomic mass is 16.3. The predicted octanol–water partition coefficient (Wildman–Crippen LogP) is 4.10. The van der Waals surface area contributed by atoms with Gasteiger partial charge in [0.05, 0.1) is 12.8 Å². The van der Waals surface area contributed by atoms with E-state index in [4.69, 9.17) is 4.42 Å². The van der Waals surface area contributed by atoms with E-state index in [1.807, 2.05) is 43.3 Å². The number of carbonyl (C=O) groups excluding carboxylic acids is 1. The molecule has 6 heteroatoms. The Labute approximate surface area is 171 Å². The second kappa shape index (κ2) is 10.1. The molecule has 1 aromatic heterocycles. The van der Waals surface area contributed by atoms with E-state index < -0.39 is 0 Å². The van der Waals surface area contributed by atoms with Gasteiger partial charge in [0.25, 0.3) is 5.91 Å². The minimum absolute atomic E-state index is 0.274. The predicted molar refractivity (Wildman–Crippen MR) is 116 cm³/mol. The Kier molecular flexibility index (Phi) is 7.05. The standard InChI is InChI=1S/C23H26N4O2/c1-3-24-23(26-16-19-10-5-4-8-17(19)2)25-15-18-9-6-11-20(14-18)27-22(28)21-12-7-13-29-21/h4-14H,3,15-16H2,1-2H3,(H,27,28)(H2,24,25,26). The van der Waals surface area contributed by atoms with E-state index in [-0.39, 0.29) is 11.7 Å². The summed E-state index contributed by atoms with van der Waals surface area (Å²) in [5.41, 5.74) is 4.18. The van der Waals surface area contributed by atoms with Crippen molar-refractivity contribution >= 4 is 17.6 Å². The average Bonchev–Trinajstić information content (AvgIpc) is 3.26. The molecular weight excluding hydrogens is 364 g/mol. The Morgan fingerprint density at radius 1 is 1.03 bits per heavy atom. The number of carbonyl (C=O) groups is 1. The Morgan fingerprint density at radius 3 is 2.66 bits per heavy atom.